The molecule has 16 heavy (non-hydrogen) atoms. The van der Waals surface area contributed by atoms with Gasteiger partial charge >= 0.3 is 0 Å². The molecular formula is C13H16N2O. The molecule has 3 heteroatoms. The van der Waals surface area contributed by atoms with Gasteiger partial charge in [0, 0.05) is 24.1 Å². The molecule has 1 aliphatic carbocycles. The summed E-state index contributed by atoms with van der Waals surface area (Å²) in [5.41, 5.74) is 1.71. The zero-order valence-corrected chi connectivity index (χ0v) is 9.39. The second kappa shape index (κ2) is 3.59. The van der Waals surface area contributed by atoms with Crippen LogP contribution in [0.3, 0.4) is 0 Å². The van der Waals surface area contributed by atoms with E-state index in [9.17, 15) is 0 Å². The van der Waals surface area contributed by atoms with Gasteiger partial charge in [0.05, 0.1) is 0 Å². The minimum absolute atomic E-state index is 0.281. The molecule has 3 rings (SSSR count). The maximum absolute atomic E-state index is 4.79. The molecule has 0 radical (unpaired) electrons. The summed E-state index contributed by atoms with van der Waals surface area (Å²) in [5.74, 6) is 1.23. The lowest BCUT2D eigenvalue weighted by molar-refractivity contribution is 0.214. The first-order valence-corrected chi connectivity index (χ1v) is 5.72. The van der Waals surface area contributed by atoms with Crippen LogP contribution in [0.4, 0.5) is 0 Å². The van der Waals surface area contributed by atoms with Crippen LogP contribution in [0, 0.1) is 11.8 Å². The maximum Gasteiger partial charge on any atom is 0.106 e. The van der Waals surface area contributed by atoms with Crippen LogP contribution in [0.5, 0.6) is 0 Å². The topological polar surface area (TPSA) is 33.6 Å². The van der Waals surface area contributed by atoms with E-state index in [1.165, 1.54) is 5.56 Å². The summed E-state index contributed by atoms with van der Waals surface area (Å²) in [5, 5.41) is 7.40. The van der Waals surface area contributed by atoms with E-state index in [-0.39, 0.29) is 5.41 Å². The highest BCUT2D eigenvalue weighted by atomic mass is 16.6. The highest BCUT2D eigenvalue weighted by molar-refractivity contribution is 5.71. The van der Waals surface area contributed by atoms with E-state index in [0.29, 0.717) is 11.8 Å². The van der Waals surface area contributed by atoms with Crippen molar-refractivity contribution in [3.8, 4) is 0 Å². The van der Waals surface area contributed by atoms with Crippen molar-refractivity contribution in [1.29, 1.82) is 0 Å². The van der Waals surface area contributed by atoms with Crippen molar-refractivity contribution in [2.45, 2.75) is 5.41 Å². The summed E-state index contributed by atoms with van der Waals surface area (Å²) >= 11 is 0. The average molecular weight is 216 g/mol. The minimum atomic E-state index is 0.281. The third kappa shape index (κ3) is 1.21. The molecule has 1 saturated heterocycles. The van der Waals surface area contributed by atoms with Gasteiger partial charge in [-0.05, 0) is 18.0 Å². The van der Waals surface area contributed by atoms with Crippen LogP contribution in [0.1, 0.15) is 5.56 Å². The van der Waals surface area contributed by atoms with Gasteiger partial charge in [0.25, 0.3) is 0 Å². The molecule has 3 unspecified atom stereocenters. The number of fused-ring (bicyclic) bond motifs is 1. The number of oxime groups is 1. The van der Waals surface area contributed by atoms with Crippen molar-refractivity contribution in [2.24, 2.45) is 17.0 Å². The van der Waals surface area contributed by atoms with Gasteiger partial charge in [0.1, 0.15) is 7.11 Å². The van der Waals surface area contributed by atoms with E-state index in [2.05, 4.69) is 40.8 Å². The summed E-state index contributed by atoms with van der Waals surface area (Å²) in [6, 6.07) is 10.7. The Morgan fingerprint density at radius 2 is 2.25 bits per heavy atom. The van der Waals surface area contributed by atoms with Crippen molar-refractivity contribution in [2.75, 3.05) is 20.2 Å². The molecule has 84 valence electrons. The second-order valence-corrected chi connectivity index (χ2v) is 4.61. The first-order valence-electron chi connectivity index (χ1n) is 5.72. The van der Waals surface area contributed by atoms with E-state index >= 15 is 0 Å². The quantitative estimate of drug-likeness (QED) is 0.612. The molecule has 1 aliphatic heterocycles. The Morgan fingerprint density at radius 1 is 1.44 bits per heavy atom. The summed E-state index contributed by atoms with van der Waals surface area (Å²) < 4.78 is 0. The SMILES string of the molecule is CON=CC1C2CNCC12c1ccccc1. The third-order valence-corrected chi connectivity index (χ3v) is 4.00. The largest absolute Gasteiger partial charge is 0.399 e. The Bertz CT molecular complexity index is 404. The number of benzene rings is 1. The van der Waals surface area contributed by atoms with E-state index in [1.54, 1.807) is 7.11 Å². The van der Waals surface area contributed by atoms with Crippen LogP contribution < -0.4 is 5.32 Å². The molecule has 1 heterocycles. The molecule has 1 N–H and O–H groups in total. The van der Waals surface area contributed by atoms with Gasteiger partial charge in [-0.25, -0.2) is 0 Å². The summed E-state index contributed by atoms with van der Waals surface area (Å²) in [6.45, 7) is 2.15. The molecule has 1 aromatic carbocycles. The fourth-order valence-electron chi connectivity index (χ4n) is 3.16. The summed E-state index contributed by atoms with van der Waals surface area (Å²) in [4.78, 5) is 4.79. The third-order valence-electron chi connectivity index (χ3n) is 4.00. The van der Waals surface area contributed by atoms with Gasteiger partial charge < -0.3 is 10.2 Å². The lowest BCUT2D eigenvalue weighted by Crippen LogP contribution is -2.23. The molecule has 0 bridgehead atoms. The number of nitrogens with one attached hydrogen (secondary N) is 1. The molecule has 1 saturated carbocycles. The van der Waals surface area contributed by atoms with Crippen LogP contribution in [0.2, 0.25) is 0 Å². The number of hydrogen-bond donors (Lipinski definition) is 1. The Kier molecular flexibility index (Phi) is 2.21. The van der Waals surface area contributed by atoms with Gasteiger partial charge in [0.15, 0.2) is 0 Å². The van der Waals surface area contributed by atoms with Gasteiger partial charge in [-0.15, -0.1) is 0 Å². The van der Waals surface area contributed by atoms with Crippen LogP contribution >= 0.6 is 0 Å². The zero-order chi connectivity index (χ0) is 11.0. The van der Waals surface area contributed by atoms with Crippen molar-refractivity contribution in [3.63, 3.8) is 0 Å². The first kappa shape index (κ1) is 9.85. The predicted molar refractivity (Wildman–Crippen MR) is 63.5 cm³/mol. The first-order chi connectivity index (χ1) is 7.89. The molecular weight excluding hydrogens is 200 g/mol. The van der Waals surface area contributed by atoms with Crippen LogP contribution in [0.15, 0.2) is 35.5 Å². The summed E-state index contributed by atoms with van der Waals surface area (Å²) in [6.07, 6.45) is 1.97. The Labute approximate surface area is 95.5 Å². The average Bonchev–Trinajstić information content (AvgIpc) is 2.74. The molecule has 2 aliphatic rings. The predicted octanol–water partition coefficient (Wildman–Crippen LogP) is 1.41. The fourth-order valence-corrected chi connectivity index (χ4v) is 3.16. The molecule has 0 spiro atoms. The van der Waals surface area contributed by atoms with Crippen molar-refractivity contribution < 1.29 is 4.84 Å². The number of nitrogens with zero attached hydrogens (tertiary/aromatic N) is 1. The van der Waals surface area contributed by atoms with Gasteiger partial charge in [-0.2, -0.15) is 0 Å². The highest BCUT2D eigenvalue weighted by Gasteiger charge is 2.66. The lowest BCUT2D eigenvalue weighted by atomic mass is 9.93. The smallest absolute Gasteiger partial charge is 0.106 e. The van der Waals surface area contributed by atoms with Crippen LogP contribution in [0.25, 0.3) is 0 Å². The molecule has 0 amide bonds. The van der Waals surface area contributed by atoms with Crippen molar-refractivity contribution in [3.05, 3.63) is 35.9 Å². The standard InChI is InChI=1S/C13H16N2O/c1-16-15-8-12-11-7-14-9-13(11,12)10-5-3-2-4-6-10/h2-6,8,11-12,14H,7,9H2,1H3. The van der Waals surface area contributed by atoms with Crippen molar-refractivity contribution >= 4 is 6.21 Å². The monoisotopic (exact) mass is 216 g/mol. The molecule has 3 atom stereocenters. The van der Waals surface area contributed by atoms with E-state index < -0.39 is 0 Å². The van der Waals surface area contributed by atoms with Gasteiger partial charge in [-0.1, -0.05) is 35.5 Å². The Hall–Kier alpha value is -1.35. The lowest BCUT2D eigenvalue weighted by Gasteiger charge is -2.13. The maximum atomic E-state index is 4.79. The fraction of sp³-hybridized carbons (Fsp3) is 0.462. The Balaban J connectivity index is 1.90. The molecule has 2 fully saturated rings. The minimum Gasteiger partial charge on any atom is -0.399 e. The molecule has 0 aromatic heterocycles. The number of rotatable bonds is 3. The molecule has 3 nitrogen and oxygen atoms in total. The van der Waals surface area contributed by atoms with Gasteiger partial charge in [-0.3, -0.25) is 0 Å². The molecule has 1 aromatic rings. The van der Waals surface area contributed by atoms with Crippen molar-refractivity contribution in [1.82, 2.24) is 5.32 Å². The van der Waals surface area contributed by atoms with E-state index in [1.807, 2.05) is 6.21 Å². The second-order valence-electron chi connectivity index (χ2n) is 4.61. The normalized spacial score (nSPS) is 36.3. The summed E-state index contributed by atoms with van der Waals surface area (Å²) in [7, 11) is 1.60. The number of piperidine rings is 1. The number of hydrogen-bond acceptors (Lipinski definition) is 3. The highest BCUT2D eigenvalue weighted by Crippen LogP contribution is 2.60. The zero-order valence-electron chi connectivity index (χ0n) is 9.39. The van der Waals surface area contributed by atoms with E-state index in [0.717, 1.165) is 13.1 Å². The van der Waals surface area contributed by atoms with Crippen LogP contribution in [-0.2, 0) is 10.3 Å². The van der Waals surface area contributed by atoms with E-state index in [4.69, 9.17) is 4.84 Å². The Morgan fingerprint density at radius 3 is 3.00 bits per heavy atom. The van der Waals surface area contributed by atoms with Gasteiger partial charge in [0.2, 0.25) is 0 Å². The van der Waals surface area contributed by atoms with Crippen LogP contribution in [-0.4, -0.2) is 26.4 Å².